The van der Waals surface area contributed by atoms with Gasteiger partial charge in [-0.05, 0) is 24.3 Å². The Kier molecular flexibility index (Phi) is 3.30. The minimum absolute atomic E-state index is 0.250. The smallest absolute Gasteiger partial charge is 0.248 e. The summed E-state index contributed by atoms with van der Waals surface area (Å²) in [7, 11) is 0. The fraction of sp³-hybridized carbons (Fsp3) is 0.143. The molecule has 0 saturated carbocycles. The van der Waals surface area contributed by atoms with Gasteiger partial charge in [0.1, 0.15) is 11.3 Å². The second-order valence-corrected chi connectivity index (χ2v) is 4.84. The van der Waals surface area contributed by atoms with Crippen LogP contribution in [0.1, 0.15) is 16.2 Å². The quantitative estimate of drug-likeness (QED) is 0.749. The van der Waals surface area contributed by atoms with Crippen LogP contribution in [-0.4, -0.2) is 21.9 Å². The van der Waals surface area contributed by atoms with Crippen molar-refractivity contribution in [1.29, 1.82) is 0 Å². The molecule has 3 rings (SSSR count). The Bertz CT molecular complexity index is 776. The number of carbonyl (C=O) groups is 1. The Hall–Kier alpha value is -2.11. The first-order chi connectivity index (χ1) is 9.67. The number of halogens is 1. The molecule has 2 heterocycles. The molecule has 0 aliphatic carbocycles. The predicted molar refractivity (Wildman–Crippen MR) is 75.9 cm³/mol. The first kappa shape index (κ1) is 12.9. The molecule has 0 unspecified atom stereocenters. The zero-order chi connectivity index (χ0) is 14.1. The van der Waals surface area contributed by atoms with Gasteiger partial charge in [-0.25, -0.2) is 4.98 Å². The predicted octanol–water partition coefficient (Wildman–Crippen LogP) is 2.47. The van der Waals surface area contributed by atoms with Crippen LogP contribution in [0.2, 0.25) is 5.02 Å². The van der Waals surface area contributed by atoms with Crippen molar-refractivity contribution in [3.8, 4) is 0 Å². The molecule has 3 aromatic rings. The zero-order valence-electron chi connectivity index (χ0n) is 10.5. The van der Waals surface area contributed by atoms with E-state index in [9.17, 15) is 4.79 Å². The fourth-order valence-corrected chi connectivity index (χ4v) is 2.18. The fourth-order valence-electron chi connectivity index (χ4n) is 2.00. The number of imidazole rings is 1. The molecule has 0 atom stereocenters. The van der Waals surface area contributed by atoms with E-state index >= 15 is 0 Å². The first-order valence-electron chi connectivity index (χ1n) is 6.13. The lowest BCUT2D eigenvalue weighted by molar-refractivity contribution is 0.101. The summed E-state index contributed by atoms with van der Waals surface area (Å²) in [6.45, 7) is 1.11. The molecule has 20 heavy (non-hydrogen) atoms. The number of hydrogen-bond donors (Lipinski definition) is 1. The lowest BCUT2D eigenvalue weighted by Gasteiger charge is -1.95. The molecule has 6 heteroatoms. The molecule has 1 aromatic carbocycles. The normalized spacial score (nSPS) is 11.1. The van der Waals surface area contributed by atoms with Gasteiger partial charge in [0.2, 0.25) is 5.78 Å². The lowest BCUT2D eigenvalue weighted by atomic mass is 10.2. The van der Waals surface area contributed by atoms with Crippen molar-refractivity contribution in [2.45, 2.75) is 6.54 Å². The third kappa shape index (κ3) is 2.33. The van der Waals surface area contributed by atoms with Gasteiger partial charge >= 0.3 is 0 Å². The number of rotatable bonds is 4. The molecular formula is C14H12ClN3O2. The highest BCUT2D eigenvalue weighted by atomic mass is 35.5. The van der Waals surface area contributed by atoms with Crippen LogP contribution >= 0.6 is 11.6 Å². The molecule has 0 saturated heterocycles. The topological polar surface area (TPSA) is 74.1 Å². The number of ketones is 1. The van der Waals surface area contributed by atoms with E-state index < -0.39 is 0 Å². The number of hydrogen-bond acceptors (Lipinski definition) is 4. The van der Waals surface area contributed by atoms with Crippen molar-refractivity contribution in [2.24, 2.45) is 5.73 Å². The average Bonchev–Trinajstić information content (AvgIpc) is 3.04. The number of benzene rings is 1. The minimum atomic E-state index is -0.256. The Labute approximate surface area is 120 Å². The molecule has 5 nitrogen and oxygen atoms in total. The van der Waals surface area contributed by atoms with Crippen LogP contribution in [-0.2, 0) is 6.54 Å². The third-order valence-corrected chi connectivity index (χ3v) is 3.19. The van der Waals surface area contributed by atoms with Gasteiger partial charge in [-0.1, -0.05) is 11.6 Å². The summed E-state index contributed by atoms with van der Waals surface area (Å²) < 4.78 is 7.30. The average molecular weight is 290 g/mol. The van der Waals surface area contributed by atoms with Crippen LogP contribution in [0, 0.1) is 0 Å². The second-order valence-electron chi connectivity index (χ2n) is 4.41. The molecule has 0 bridgehead atoms. The summed E-state index contributed by atoms with van der Waals surface area (Å²) >= 11 is 5.91. The van der Waals surface area contributed by atoms with E-state index in [-0.39, 0.29) is 11.5 Å². The molecule has 0 radical (unpaired) electrons. The van der Waals surface area contributed by atoms with Crippen LogP contribution in [0.3, 0.4) is 0 Å². The number of aromatic nitrogens is 2. The maximum atomic E-state index is 12.3. The molecule has 2 aromatic heterocycles. The molecular weight excluding hydrogens is 278 g/mol. The van der Waals surface area contributed by atoms with E-state index in [4.69, 9.17) is 21.8 Å². The van der Waals surface area contributed by atoms with Gasteiger partial charge in [0.05, 0.1) is 6.33 Å². The summed E-state index contributed by atoms with van der Waals surface area (Å²) in [4.78, 5) is 16.4. The molecule has 0 aliphatic heterocycles. The van der Waals surface area contributed by atoms with Crippen molar-refractivity contribution in [3.05, 3.63) is 53.3 Å². The first-order valence-corrected chi connectivity index (χ1v) is 6.51. The van der Waals surface area contributed by atoms with Crippen LogP contribution < -0.4 is 5.73 Å². The maximum absolute atomic E-state index is 12.3. The van der Waals surface area contributed by atoms with E-state index in [1.165, 1.54) is 0 Å². The van der Waals surface area contributed by atoms with Gasteiger partial charge in [-0.2, -0.15) is 0 Å². The number of nitrogens with two attached hydrogens (primary N) is 1. The number of carbonyl (C=O) groups excluding carboxylic acids is 1. The minimum Gasteiger partial charge on any atom is -0.453 e. The molecule has 0 aliphatic rings. The second kappa shape index (κ2) is 5.11. The molecule has 102 valence electrons. The Morgan fingerprint density at radius 1 is 1.40 bits per heavy atom. The Balaban J connectivity index is 1.94. The largest absolute Gasteiger partial charge is 0.453 e. The monoisotopic (exact) mass is 289 g/mol. The molecule has 0 spiro atoms. The zero-order valence-corrected chi connectivity index (χ0v) is 11.3. The van der Waals surface area contributed by atoms with Crippen LogP contribution in [0.25, 0.3) is 11.0 Å². The summed E-state index contributed by atoms with van der Waals surface area (Å²) in [5.41, 5.74) is 6.42. The summed E-state index contributed by atoms with van der Waals surface area (Å²) in [5, 5.41) is 1.40. The van der Waals surface area contributed by atoms with Crippen molar-refractivity contribution >= 4 is 28.4 Å². The number of fused-ring (bicyclic) bond motifs is 1. The highest BCUT2D eigenvalue weighted by Gasteiger charge is 2.17. The van der Waals surface area contributed by atoms with Crippen LogP contribution in [0.4, 0.5) is 0 Å². The summed E-state index contributed by atoms with van der Waals surface area (Å²) in [6, 6.07) is 6.88. The van der Waals surface area contributed by atoms with Gasteiger partial charge in [-0.3, -0.25) is 4.79 Å². The maximum Gasteiger partial charge on any atom is 0.248 e. The highest BCUT2D eigenvalue weighted by Crippen LogP contribution is 2.24. The van der Waals surface area contributed by atoms with E-state index in [0.717, 1.165) is 5.39 Å². The van der Waals surface area contributed by atoms with Crippen LogP contribution in [0.5, 0.6) is 0 Å². The third-order valence-electron chi connectivity index (χ3n) is 2.96. The lowest BCUT2D eigenvalue weighted by Crippen LogP contribution is -2.08. The number of nitrogens with zero attached hydrogens (tertiary/aromatic N) is 2. The van der Waals surface area contributed by atoms with Gasteiger partial charge in [0, 0.05) is 29.7 Å². The van der Waals surface area contributed by atoms with Gasteiger partial charge < -0.3 is 14.7 Å². The van der Waals surface area contributed by atoms with Crippen molar-refractivity contribution in [3.63, 3.8) is 0 Å². The molecule has 0 fully saturated rings. The van der Waals surface area contributed by atoms with E-state index in [2.05, 4.69) is 4.98 Å². The van der Waals surface area contributed by atoms with E-state index in [0.29, 0.717) is 29.4 Å². The standard InChI is InChI=1S/C14H12ClN3O2/c15-10-1-2-12-9(5-10)6-13(20-12)14(19)11-7-18(4-3-16)8-17-11/h1-2,5-8H,3-4,16H2. The van der Waals surface area contributed by atoms with Crippen LogP contribution in [0.15, 0.2) is 41.2 Å². The van der Waals surface area contributed by atoms with Crippen molar-refractivity contribution < 1.29 is 9.21 Å². The van der Waals surface area contributed by atoms with Gasteiger partial charge in [0.25, 0.3) is 0 Å². The van der Waals surface area contributed by atoms with E-state index in [1.807, 2.05) is 0 Å². The highest BCUT2D eigenvalue weighted by molar-refractivity contribution is 6.31. The SMILES string of the molecule is NCCn1cnc(C(=O)c2cc3cc(Cl)ccc3o2)c1. The summed E-state index contributed by atoms with van der Waals surface area (Å²) in [5.74, 6) is -0.00615. The Morgan fingerprint density at radius 3 is 3.05 bits per heavy atom. The van der Waals surface area contributed by atoms with Gasteiger partial charge in [-0.15, -0.1) is 0 Å². The Morgan fingerprint density at radius 2 is 2.25 bits per heavy atom. The molecule has 0 amide bonds. The molecule has 2 N–H and O–H groups in total. The van der Waals surface area contributed by atoms with E-state index in [1.54, 1.807) is 41.4 Å². The van der Waals surface area contributed by atoms with Gasteiger partial charge in [0.15, 0.2) is 5.76 Å². The number of furan rings is 1. The van der Waals surface area contributed by atoms with Crippen molar-refractivity contribution in [2.75, 3.05) is 6.54 Å². The van der Waals surface area contributed by atoms with Crippen molar-refractivity contribution in [1.82, 2.24) is 9.55 Å². The summed E-state index contributed by atoms with van der Waals surface area (Å²) in [6.07, 6.45) is 3.25.